The highest BCUT2D eigenvalue weighted by Crippen LogP contribution is 2.36. The first-order chi connectivity index (χ1) is 19.4. The molecule has 3 heterocycles. The Labute approximate surface area is 236 Å². The van der Waals surface area contributed by atoms with E-state index in [4.69, 9.17) is 20.8 Å². The minimum absolute atomic E-state index is 0.150. The Bertz CT molecular complexity index is 1890. The SMILES string of the molecule is CSc1cccc(Nc2cc(-n3nc(C(C)C)c4c(-c5cnc6ccccc6c5)ccnc43)ccc2C(N)=O)c1. The van der Waals surface area contributed by atoms with Crippen LogP contribution in [0, 0.1) is 0 Å². The van der Waals surface area contributed by atoms with Crippen LogP contribution in [0.1, 0.15) is 35.8 Å². The summed E-state index contributed by atoms with van der Waals surface area (Å²) in [5.41, 5.74) is 13.0. The molecule has 3 aromatic heterocycles. The van der Waals surface area contributed by atoms with Crippen LogP contribution in [0.25, 0.3) is 38.8 Å². The third kappa shape index (κ3) is 4.67. The number of hydrogen-bond acceptors (Lipinski definition) is 6. The maximum Gasteiger partial charge on any atom is 0.250 e. The molecular formula is C32H28N6OS. The fourth-order valence-electron chi connectivity index (χ4n) is 4.95. The van der Waals surface area contributed by atoms with Crippen molar-refractivity contribution in [1.82, 2.24) is 19.7 Å². The van der Waals surface area contributed by atoms with Crippen molar-refractivity contribution in [3.63, 3.8) is 0 Å². The molecular weight excluding hydrogens is 516 g/mol. The van der Waals surface area contributed by atoms with Crippen LogP contribution in [0.15, 0.2) is 96.2 Å². The Morgan fingerprint density at radius 3 is 2.62 bits per heavy atom. The number of hydrogen-bond donors (Lipinski definition) is 2. The van der Waals surface area contributed by atoms with Gasteiger partial charge in [-0.15, -0.1) is 11.8 Å². The van der Waals surface area contributed by atoms with Crippen LogP contribution in [0.5, 0.6) is 0 Å². The Kier molecular flexibility index (Phi) is 6.69. The molecule has 40 heavy (non-hydrogen) atoms. The van der Waals surface area contributed by atoms with Crippen LogP contribution in [0.3, 0.4) is 0 Å². The van der Waals surface area contributed by atoms with Crippen LogP contribution >= 0.6 is 11.8 Å². The molecule has 0 aliphatic heterocycles. The minimum Gasteiger partial charge on any atom is -0.366 e. The highest BCUT2D eigenvalue weighted by atomic mass is 32.2. The summed E-state index contributed by atoms with van der Waals surface area (Å²) < 4.78 is 1.84. The largest absolute Gasteiger partial charge is 0.366 e. The van der Waals surface area contributed by atoms with Gasteiger partial charge in [-0.2, -0.15) is 5.10 Å². The zero-order valence-corrected chi connectivity index (χ0v) is 23.2. The van der Waals surface area contributed by atoms with Gasteiger partial charge >= 0.3 is 0 Å². The van der Waals surface area contributed by atoms with Crippen LogP contribution in [0.2, 0.25) is 0 Å². The number of carbonyl (C=O) groups excluding carboxylic acids is 1. The van der Waals surface area contributed by atoms with Gasteiger partial charge in [0, 0.05) is 33.9 Å². The van der Waals surface area contributed by atoms with Crippen LogP contribution in [0.4, 0.5) is 11.4 Å². The van der Waals surface area contributed by atoms with E-state index in [1.165, 1.54) is 0 Å². The molecule has 0 atom stereocenters. The van der Waals surface area contributed by atoms with Gasteiger partial charge in [0.1, 0.15) is 0 Å². The van der Waals surface area contributed by atoms with E-state index in [9.17, 15) is 4.79 Å². The number of anilines is 2. The molecule has 0 bridgehead atoms. The molecule has 0 aliphatic carbocycles. The van der Waals surface area contributed by atoms with Gasteiger partial charge in [-0.25, -0.2) is 9.67 Å². The molecule has 3 N–H and O–H groups in total. The molecule has 0 saturated carbocycles. The van der Waals surface area contributed by atoms with E-state index in [-0.39, 0.29) is 5.92 Å². The van der Waals surface area contributed by atoms with Crippen LogP contribution in [-0.4, -0.2) is 31.9 Å². The first kappa shape index (κ1) is 25.6. The Balaban J connectivity index is 1.52. The smallest absolute Gasteiger partial charge is 0.250 e. The molecule has 0 spiro atoms. The summed E-state index contributed by atoms with van der Waals surface area (Å²) in [7, 11) is 0. The summed E-state index contributed by atoms with van der Waals surface area (Å²) in [5, 5.41) is 10.5. The Hall–Kier alpha value is -4.69. The van der Waals surface area contributed by atoms with Crippen molar-refractivity contribution in [2.45, 2.75) is 24.7 Å². The van der Waals surface area contributed by atoms with Gasteiger partial charge in [-0.05, 0) is 72.3 Å². The summed E-state index contributed by atoms with van der Waals surface area (Å²) in [6.07, 6.45) is 5.74. The predicted octanol–water partition coefficient (Wildman–Crippen LogP) is 7.32. The number of nitrogens with two attached hydrogens (primary N) is 1. The minimum atomic E-state index is -0.507. The first-order valence-corrected chi connectivity index (χ1v) is 14.2. The molecule has 1 amide bonds. The van der Waals surface area contributed by atoms with Gasteiger partial charge in [-0.3, -0.25) is 9.78 Å². The lowest BCUT2D eigenvalue weighted by Crippen LogP contribution is -2.14. The van der Waals surface area contributed by atoms with Crippen molar-refractivity contribution in [3.05, 3.63) is 103 Å². The van der Waals surface area contributed by atoms with Gasteiger partial charge in [0.15, 0.2) is 5.65 Å². The molecule has 8 heteroatoms. The summed E-state index contributed by atoms with van der Waals surface area (Å²) >= 11 is 1.65. The van der Waals surface area contributed by atoms with Crippen molar-refractivity contribution in [2.24, 2.45) is 5.73 Å². The fourth-order valence-corrected chi connectivity index (χ4v) is 5.41. The standard InChI is InChI=1S/C32H28N6OS/c1-19(2)30-29-25(21-15-20-7-4-5-10-27(20)35-18-21)13-14-34-32(29)38(37-30)23-11-12-26(31(33)39)28(17-23)36-22-8-6-9-24(16-22)40-3/h4-19,36H,1-3H3,(H2,33,39). The molecule has 6 rings (SSSR count). The van der Waals surface area contributed by atoms with Crippen molar-refractivity contribution < 1.29 is 4.79 Å². The average molecular weight is 545 g/mol. The second kappa shape index (κ2) is 10.5. The van der Waals surface area contributed by atoms with E-state index in [0.717, 1.165) is 55.0 Å². The lowest BCUT2D eigenvalue weighted by atomic mass is 9.98. The number of thioether (sulfide) groups is 1. The maximum absolute atomic E-state index is 12.3. The van der Waals surface area contributed by atoms with E-state index in [1.54, 1.807) is 24.0 Å². The van der Waals surface area contributed by atoms with E-state index < -0.39 is 5.91 Å². The van der Waals surface area contributed by atoms with Gasteiger partial charge in [0.05, 0.1) is 33.5 Å². The first-order valence-electron chi connectivity index (χ1n) is 13.0. The number of aromatic nitrogens is 4. The summed E-state index contributed by atoms with van der Waals surface area (Å²) in [6.45, 7) is 4.26. The lowest BCUT2D eigenvalue weighted by Gasteiger charge is -2.13. The van der Waals surface area contributed by atoms with Gasteiger partial charge in [-0.1, -0.05) is 38.1 Å². The van der Waals surface area contributed by atoms with E-state index >= 15 is 0 Å². The molecule has 0 saturated heterocycles. The van der Waals surface area contributed by atoms with Gasteiger partial charge < -0.3 is 11.1 Å². The number of carbonyl (C=O) groups is 1. The normalized spacial score (nSPS) is 11.4. The second-order valence-electron chi connectivity index (χ2n) is 9.88. The van der Waals surface area contributed by atoms with E-state index in [1.807, 2.05) is 77.8 Å². The van der Waals surface area contributed by atoms with Crippen LogP contribution < -0.4 is 11.1 Å². The highest BCUT2D eigenvalue weighted by Gasteiger charge is 2.21. The van der Waals surface area contributed by atoms with Crippen molar-refractivity contribution in [3.8, 4) is 16.8 Å². The number of amides is 1. The highest BCUT2D eigenvalue weighted by molar-refractivity contribution is 7.98. The third-order valence-electron chi connectivity index (χ3n) is 6.91. The molecule has 0 unspecified atom stereocenters. The number of nitrogens with zero attached hydrogens (tertiary/aromatic N) is 4. The number of benzene rings is 3. The maximum atomic E-state index is 12.3. The fraction of sp³-hybridized carbons (Fsp3) is 0.125. The quantitative estimate of drug-likeness (QED) is 0.204. The van der Waals surface area contributed by atoms with Crippen molar-refractivity contribution in [1.29, 1.82) is 0 Å². The molecule has 198 valence electrons. The molecule has 0 radical (unpaired) electrons. The van der Waals surface area contributed by atoms with Gasteiger partial charge in [0.2, 0.25) is 0 Å². The Morgan fingerprint density at radius 1 is 0.975 bits per heavy atom. The van der Waals surface area contributed by atoms with Crippen molar-refractivity contribution >= 4 is 51.0 Å². The molecule has 0 aliphatic rings. The van der Waals surface area contributed by atoms with E-state index in [0.29, 0.717) is 11.3 Å². The molecule has 0 fully saturated rings. The number of para-hydroxylation sites is 1. The average Bonchev–Trinajstić information content (AvgIpc) is 3.37. The summed E-state index contributed by atoms with van der Waals surface area (Å²) in [4.78, 5) is 22.9. The topological polar surface area (TPSA) is 98.7 Å². The zero-order valence-electron chi connectivity index (χ0n) is 22.4. The third-order valence-corrected chi connectivity index (χ3v) is 7.63. The number of nitrogens with one attached hydrogen (secondary N) is 1. The summed E-state index contributed by atoms with van der Waals surface area (Å²) in [6, 6.07) is 25.8. The van der Waals surface area contributed by atoms with E-state index in [2.05, 4.69) is 31.3 Å². The monoisotopic (exact) mass is 544 g/mol. The number of fused-ring (bicyclic) bond motifs is 2. The van der Waals surface area contributed by atoms with Crippen molar-refractivity contribution in [2.75, 3.05) is 11.6 Å². The zero-order chi connectivity index (χ0) is 27.8. The molecule has 7 nitrogen and oxygen atoms in total. The number of primary amides is 1. The lowest BCUT2D eigenvalue weighted by molar-refractivity contribution is 0.100. The molecule has 3 aromatic carbocycles. The Morgan fingerprint density at radius 2 is 1.82 bits per heavy atom. The number of pyridine rings is 2. The molecule has 6 aromatic rings. The summed E-state index contributed by atoms with van der Waals surface area (Å²) in [5.74, 6) is -0.357. The number of rotatable bonds is 7. The van der Waals surface area contributed by atoms with Gasteiger partial charge in [0.25, 0.3) is 5.91 Å². The van der Waals surface area contributed by atoms with Crippen LogP contribution in [-0.2, 0) is 0 Å². The second-order valence-corrected chi connectivity index (χ2v) is 10.8. The predicted molar refractivity (Wildman–Crippen MR) is 164 cm³/mol.